The summed E-state index contributed by atoms with van der Waals surface area (Å²) in [6.45, 7) is 2.21. The number of para-hydroxylation sites is 1. The van der Waals surface area contributed by atoms with E-state index in [-0.39, 0.29) is 29.8 Å². The molecule has 0 radical (unpaired) electrons. The third kappa shape index (κ3) is 7.81. The van der Waals surface area contributed by atoms with Gasteiger partial charge < -0.3 is 31.6 Å². The molecule has 9 heteroatoms. The van der Waals surface area contributed by atoms with E-state index in [0.717, 1.165) is 23.7 Å². The van der Waals surface area contributed by atoms with Crippen molar-refractivity contribution in [2.45, 2.75) is 37.3 Å². The molecular formula is C34H41N7O2. The summed E-state index contributed by atoms with van der Waals surface area (Å²) in [7, 11) is 1.64. The fourth-order valence-corrected chi connectivity index (χ4v) is 5.73. The first-order valence-electron chi connectivity index (χ1n) is 15.0. The number of carbonyl (C=O) groups excluding carboxylic acids is 2. The van der Waals surface area contributed by atoms with Gasteiger partial charge in [-0.15, -0.1) is 0 Å². The number of hydrogen-bond donors (Lipinski definition) is 5. The first-order valence-corrected chi connectivity index (χ1v) is 15.0. The summed E-state index contributed by atoms with van der Waals surface area (Å²) in [5, 5.41) is 10.7. The van der Waals surface area contributed by atoms with Crippen LogP contribution in [0.3, 0.4) is 0 Å². The van der Waals surface area contributed by atoms with Crippen LogP contribution in [-0.4, -0.2) is 73.0 Å². The topological polar surface area (TPSA) is 128 Å². The van der Waals surface area contributed by atoms with Gasteiger partial charge in [0.15, 0.2) is 5.96 Å². The maximum absolute atomic E-state index is 14.0. The summed E-state index contributed by atoms with van der Waals surface area (Å²) in [6, 6.07) is 30.0. The quantitative estimate of drug-likeness (QED) is 0.105. The lowest BCUT2D eigenvalue weighted by molar-refractivity contribution is -0.133. The average molecular weight is 580 g/mol. The smallest absolute Gasteiger partial charge is 0.267 e. The standard InChI is InChI=1S/C34H41N7O2/c1-36-34(35)37-19-10-17-30-33(43)41(23-28(24-11-4-2-5-12-24)25-13-6-3-7-14-25)20-18-27(39-30)22-38-32(42)31-21-26-15-8-9-16-29(26)40-31/h2-9,11-16,21,27-28,30,39-40H,10,17-20,22-23H2,1H3,(H,38,42)(H3,35,36,37). The Hall–Kier alpha value is -4.63. The number of amides is 2. The second-order valence-corrected chi connectivity index (χ2v) is 11.0. The predicted octanol–water partition coefficient (Wildman–Crippen LogP) is 3.60. The van der Waals surface area contributed by atoms with E-state index in [2.05, 4.69) is 50.2 Å². The summed E-state index contributed by atoms with van der Waals surface area (Å²) in [5.41, 5.74) is 9.61. The lowest BCUT2D eigenvalue weighted by Crippen LogP contribution is -2.49. The molecule has 1 aromatic heterocycles. The number of nitrogens with one attached hydrogen (secondary N) is 4. The Labute approximate surface area is 253 Å². The lowest BCUT2D eigenvalue weighted by atomic mass is 9.90. The van der Waals surface area contributed by atoms with Crippen molar-refractivity contribution in [3.05, 3.63) is 108 Å². The Morgan fingerprint density at radius 2 is 1.67 bits per heavy atom. The number of benzene rings is 3. The van der Waals surface area contributed by atoms with Gasteiger partial charge >= 0.3 is 0 Å². The third-order valence-corrected chi connectivity index (χ3v) is 8.10. The van der Waals surface area contributed by atoms with Crippen molar-refractivity contribution in [2.75, 3.05) is 33.2 Å². The molecule has 9 nitrogen and oxygen atoms in total. The van der Waals surface area contributed by atoms with E-state index in [1.165, 1.54) is 11.1 Å². The van der Waals surface area contributed by atoms with Crippen LogP contribution in [0.25, 0.3) is 10.9 Å². The zero-order valence-electron chi connectivity index (χ0n) is 24.6. The SMILES string of the molecule is CN=C(N)NCCCC1NC(CNC(=O)c2cc3ccccc3[nH]2)CCN(CC(c2ccccc2)c2ccccc2)C1=O. The summed E-state index contributed by atoms with van der Waals surface area (Å²) in [6.07, 6.45) is 2.09. The Bertz CT molecular complexity index is 1450. The maximum Gasteiger partial charge on any atom is 0.267 e. The highest BCUT2D eigenvalue weighted by Gasteiger charge is 2.32. The average Bonchev–Trinajstić information content (AvgIpc) is 3.43. The molecule has 6 N–H and O–H groups in total. The summed E-state index contributed by atoms with van der Waals surface area (Å²) < 4.78 is 0. The van der Waals surface area contributed by atoms with Gasteiger partial charge in [0.2, 0.25) is 5.91 Å². The molecule has 1 aliphatic rings. The van der Waals surface area contributed by atoms with Crippen molar-refractivity contribution >= 4 is 28.7 Å². The van der Waals surface area contributed by atoms with Gasteiger partial charge in [-0.25, -0.2) is 0 Å². The van der Waals surface area contributed by atoms with Gasteiger partial charge in [0.05, 0.1) is 6.04 Å². The maximum atomic E-state index is 14.0. The van der Waals surface area contributed by atoms with Gasteiger partial charge in [-0.1, -0.05) is 78.9 Å². The summed E-state index contributed by atoms with van der Waals surface area (Å²) in [4.78, 5) is 36.2. The van der Waals surface area contributed by atoms with Crippen molar-refractivity contribution < 1.29 is 9.59 Å². The Morgan fingerprint density at radius 3 is 2.35 bits per heavy atom. The second kappa shape index (κ2) is 14.5. The number of guanidine groups is 1. The first-order chi connectivity index (χ1) is 21.0. The number of nitrogens with zero attached hydrogens (tertiary/aromatic N) is 2. The molecule has 0 spiro atoms. The van der Waals surface area contributed by atoms with Gasteiger partial charge in [-0.05, 0) is 42.5 Å². The molecule has 1 aliphatic heterocycles. The van der Waals surface area contributed by atoms with Crippen LogP contribution in [0.15, 0.2) is 96.0 Å². The third-order valence-electron chi connectivity index (χ3n) is 8.10. The molecular weight excluding hydrogens is 538 g/mol. The minimum Gasteiger partial charge on any atom is -0.370 e. The number of hydrogen-bond acceptors (Lipinski definition) is 4. The minimum atomic E-state index is -0.383. The molecule has 4 aromatic rings. The van der Waals surface area contributed by atoms with Crippen LogP contribution in [0.1, 0.15) is 46.8 Å². The van der Waals surface area contributed by atoms with E-state index in [1.54, 1.807) is 7.05 Å². The van der Waals surface area contributed by atoms with Crippen molar-refractivity contribution in [3.63, 3.8) is 0 Å². The van der Waals surface area contributed by atoms with Crippen LogP contribution >= 0.6 is 0 Å². The summed E-state index contributed by atoms with van der Waals surface area (Å²) >= 11 is 0. The van der Waals surface area contributed by atoms with Gasteiger partial charge in [0, 0.05) is 56.1 Å². The number of nitrogens with two attached hydrogens (primary N) is 1. The number of aromatic nitrogens is 1. The van der Waals surface area contributed by atoms with Crippen molar-refractivity contribution in [1.82, 2.24) is 25.8 Å². The molecule has 2 heterocycles. The van der Waals surface area contributed by atoms with Crippen LogP contribution < -0.4 is 21.7 Å². The molecule has 5 rings (SSSR count). The van der Waals surface area contributed by atoms with E-state index in [4.69, 9.17) is 5.73 Å². The molecule has 2 atom stereocenters. The molecule has 224 valence electrons. The van der Waals surface area contributed by atoms with Crippen LogP contribution in [-0.2, 0) is 4.79 Å². The van der Waals surface area contributed by atoms with E-state index < -0.39 is 0 Å². The first kappa shape index (κ1) is 29.8. The van der Waals surface area contributed by atoms with Crippen molar-refractivity contribution in [3.8, 4) is 0 Å². The van der Waals surface area contributed by atoms with Gasteiger partial charge in [0.25, 0.3) is 5.91 Å². The summed E-state index contributed by atoms with van der Waals surface area (Å²) in [5.74, 6) is 0.354. The molecule has 0 saturated carbocycles. The van der Waals surface area contributed by atoms with Crippen LogP contribution in [0, 0.1) is 0 Å². The zero-order valence-corrected chi connectivity index (χ0v) is 24.6. The molecule has 1 saturated heterocycles. The highest BCUT2D eigenvalue weighted by atomic mass is 16.2. The Kier molecular flexibility index (Phi) is 10.1. The largest absolute Gasteiger partial charge is 0.370 e. The Balaban J connectivity index is 1.30. The lowest BCUT2D eigenvalue weighted by Gasteiger charge is -2.29. The fourth-order valence-electron chi connectivity index (χ4n) is 5.73. The fraction of sp³-hybridized carbons (Fsp3) is 0.324. The molecule has 1 fully saturated rings. The van der Waals surface area contributed by atoms with Crippen LogP contribution in [0.2, 0.25) is 0 Å². The zero-order chi connectivity index (χ0) is 30.0. The van der Waals surface area contributed by atoms with Crippen molar-refractivity contribution in [2.24, 2.45) is 10.7 Å². The van der Waals surface area contributed by atoms with Crippen LogP contribution in [0.5, 0.6) is 0 Å². The molecule has 2 unspecified atom stereocenters. The molecule has 0 aliphatic carbocycles. The van der Waals surface area contributed by atoms with Crippen molar-refractivity contribution in [1.29, 1.82) is 0 Å². The number of aromatic amines is 1. The molecule has 3 aromatic carbocycles. The number of aliphatic imine (C=N–C) groups is 1. The molecule has 43 heavy (non-hydrogen) atoms. The Morgan fingerprint density at radius 1 is 1.00 bits per heavy atom. The number of fused-ring (bicyclic) bond motifs is 1. The molecule has 0 bridgehead atoms. The normalized spacial score (nSPS) is 17.7. The van der Waals surface area contributed by atoms with Gasteiger partial charge in [0.1, 0.15) is 5.69 Å². The van der Waals surface area contributed by atoms with E-state index in [0.29, 0.717) is 44.3 Å². The van der Waals surface area contributed by atoms with Gasteiger partial charge in [-0.3, -0.25) is 14.6 Å². The van der Waals surface area contributed by atoms with E-state index in [9.17, 15) is 9.59 Å². The number of H-pyrrole nitrogens is 1. The van der Waals surface area contributed by atoms with Crippen LogP contribution in [0.4, 0.5) is 0 Å². The van der Waals surface area contributed by atoms with E-state index in [1.807, 2.05) is 71.6 Å². The highest BCUT2D eigenvalue weighted by Crippen LogP contribution is 2.27. The highest BCUT2D eigenvalue weighted by molar-refractivity contribution is 5.98. The minimum absolute atomic E-state index is 0.0486. The predicted molar refractivity (Wildman–Crippen MR) is 172 cm³/mol. The number of rotatable bonds is 11. The van der Waals surface area contributed by atoms with E-state index >= 15 is 0 Å². The molecule has 2 amide bonds. The number of carbonyl (C=O) groups is 2. The van der Waals surface area contributed by atoms with Gasteiger partial charge in [-0.2, -0.15) is 0 Å². The monoisotopic (exact) mass is 579 g/mol. The second-order valence-electron chi connectivity index (χ2n) is 11.0.